The molecule has 3 aromatic carbocycles. The Labute approximate surface area is 164 Å². The van der Waals surface area contributed by atoms with Gasteiger partial charge in [-0.3, -0.25) is 0 Å². The van der Waals surface area contributed by atoms with Crippen LogP contribution in [-0.2, 0) is 6.42 Å². The smallest absolute Gasteiger partial charge is 0.121 e. The minimum absolute atomic E-state index is 0.0286. The van der Waals surface area contributed by atoms with Gasteiger partial charge in [0, 0.05) is 10.6 Å². The Morgan fingerprint density at radius 3 is 2.78 bits per heavy atom. The van der Waals surface area contributed by atoms with E-state index >= 15 is 0 Å². The summed E-state index contributed by atoms with van der Waals surface area (Å²) < 4.78 is 0. The molecule has 0 amide bonds. The molecule has 3 heteroatoms. The number of phenols is 1. The van der Waals surface area contributed by atoms with E-state index in [1.165, 1.54) is 29.5 Å². The van der Waals surface area contributed by atoms with Crippen LogP contribution in [-0.4, -0.2) is 11.7 Å². The highest BCUT2D eigenvalue weighted by molar-refractivity contribution is 6.30. The maximum atomic E-state index is 10.8. The molecule has 1 unspecified atom stereocenters. The fourth-order valence-electron chi connectivity index (χ4n) is 4.18. The standard InChI is InChI=1S/C24H22ClNO/c25-18-9-11-19-17(13-18)7-10-21(19)24(26-14-15-5-6-15)23-20-4-2-1-3-16(20)8-12-22(23)27/h1-4,8-13,15,24,26-27H,5-7,14H2. The lowest BCUT2D eigenvalue weighted by molar-refractivity contribution is 0.460. The summed E-state index contributed by atoms with van der Waals surface area (Å²) in [6.45, 7) is 0.980. The lowest BCUT2D eigenvalue weighted by Crippen LogP contribution is -2.25. The third kappa shape index (κ3) is 3.13. The molecular weight excluding hydrogens is 354 g/mol. The maximum Gasteiger partial charge on any atom is 0.121 e. The fraction of sp³-hybridized carbons (Fsp3) is 0.250. The van der Waals surface area contributed by atoms with Crippen LogP contribution in [0, 0.1) is 5.92 Å². The molecule has 1 atom stereocenters. The van der Waals surface area contributed by atoms with Gasteiger partial charge >= 0.3 is 0 Å². The summed E-state index contributed by atoms with van der Waals surface area (Å²) >= 11 is 6.20. The Morgan fingerprint density at radius 1 is 1.07 bits per heavy atom. The van der Waals surface area contributed by atoms with E-state index in [1.807, 2.05) is 30.3 Å². The van der Waals surface area contributed by atoms with Gasteiger partial charge in [0.25, 0.3) is 0 Å². The quantitative estimate of drug-likeness (QED) is 0.583. The van der Waals surface area contributed by atoms with Gasteiger partial charge in [-0.2, -0.15) is 0 Å². The number of fused-ring (bicyclic) bond motifs is 2. The maximum absolute atomic E-state index is 10.8. The summed E-state index contributed by atoms with van der Waals surface area (Å²) in [5.41, 5.74) is 4.72. The van der Waals surface area contributed by atoms with Crippen molar-refractivity contribution in [2.24, 2.45) is 5.92 Å². The summed E-state index contributed by atoms with van der Waals surface area (Å²) in [4.78, 5) is 0. The molecule has 1 saturated carbocycles. The molecule has 27 heavy (non-hydrogen) atoms. The molecule has 3 aromatic rings. The molecule has 2 N–H and O–H groups in total. The van der Waals surface area contributed by atoms with Gasteiger partial charge in [0.15, 0.2) is 0 Å². The SMILES string of the molecule is Oc1ccc2ccccc2c1C(NCC1CC1)C1=CCc2cc(Cl)ccc21. The number of rotatable bonds is 5. The lowest BCUT2D eigenvalue weighted by atomic mass is 9.90. The molecule has 0 heterocycles. The largest absolute Gasteiger partial charge is 0.508 e. The van der Waals surface area contributed by atoms with E-state index in [2.05, 4.69) is 35.7 Å². The van der Waals surface area contributed by atoms with Crippen molar-refractivity contribution in [2.45, 2.75) is 25.3 Å². The molecule has 0 radical (unpaired) electrons. The highest BCUT2D eigenvalue weighted by Gasteiger charge is 2.29. The summed E-state index contributed by atoms with van der Waals surface area (Å²) in [6.07, 6.45) is 5.77. The Hall–Kier alpha value is -2.29. The molecule has 0 spiro atoms. The number of phenolic OH excluding ortho intramolecular Hbond substituents is 1. The van der Waals surface area contributed by atoms with Crippen LogP contribution < -0.4 is 5.32 Å². The third-order valence-electron chi connectivity index (χ3n) is 5.78. The average Bonchev–Trinajstić information content (AvgIpc) is 3.42. The lowest BCUT2D eigenvalue weighted by Gasteiger charge is -2.24. The minimum atomic E-state index is -0.0286. The first-order valence-corrected chi connectivity index (χ1v) is 10.0. The fourth-order valence-corrected chi connectivity index (χ4v) is 4.37. The van der Waals surface area contributed by atoms with Crippen molar-refractivity contribution in [1.29, 1.82) is 0 Å². The molecule has 2 aliphatic rings. The topological polar surface area (TPSA) is 32.3 Å². The van der Waals surface area contributed by atoms with Crippen LogP contribution in [0.3, 0.4) is 0 Å². The van der Waals surface area contributed by atoms with Crippen LogP contribution in [0.2, 0.25) is 5.02 Å². The van der Waals surface area contributed by atoms with E-state index in [0.717, 1.165) is 40.2 Å². The number of hydrogen-bond acceptors (Lipinski definition) is 2. The Balaban J connectivity index is 1.64. The third-order valence-corrected chi connectivity index (χ3v) is 6.01. The predicted octanol–water partition coefficient (Wildman–Crippen LogP) is 5.88. The van der Waals surface area contributed by atoms with Gasteiger partial charge < -0.3 is 10.4 Å². The molecule has 0 aliphatic heterocycles. The van der Waals surface area contributed by atoms with E-state index in [1.54, 1.807) is 0 Å². The van der Waals surface area contributed by atoms with Gasteiger partial charge in [-0.1, -0.05) is 54.1 Å². The van der Waals surface area contributed by atoms with Crippen molar-refractivity contribution in [1.82, 2.24) is 5.32 Å². The van der Waals surface area contributed by atoms with Crippen molar-refractivity contribution < 1.29 is 5.11 Å². The van der Waals surface area contributed by atoms with Crippen molar-refractivity contribution in [3.8, 4) is 5.75 Å². The van der Waals surface area contributed by atoms with Gasteiger partial charge in [0.1, 0.15) is 5.75 Å². The second kappa shape index (κ2) is 6.70. The second-order valence-corrected chi connectivity index (χ2v) is 8.11. The molecule has 2 aliphatic carbocycles. The van der Waals surface area contributed by atoms with E-state index < -0.39 is 0 Å². The monoisotopic (exact) mass is 375 g/mol. The number of benzene rings is 3. The first kappa shape index (κ1) is 16.9. The van der Waals surface area contributed by atoms with Crippen LogP contribution >= 0.6 is 11.6 Å². The molecule has 5 rings (SSSR count). The van der Waals surface area contributed by atoms with E-state index in [-0.39, 0.29) is 6.04 Å². The van der Waals surface area contributed by atoms with Crippen molar-refractivity contribution in [2.75, 3.05) is 6.54 Å². The van der Waals surface area contributed by atoms with Crippen LogP contribution in [0.15, 0.2) is 60.7 Å². The van der Waals surface area contributed by atoms with Crippen molar-refractivity contribution in [3.05, 3.63) is 82.4 Å². The van der Waals surface area contributed by atoms with Crippen LogP contribution in [0.25, 0.3) is 16.3 Å². The summed E-state index contributed by atoms with van der Waals surface area (Å²) in [5.74, 6) is 1.11. The number of halogens is 1. The summed E-state index contributed by atoms with van der Waals surface area (Å²) in [7, 11) is 0. The van der Waals surface area contributed by atoms with Gasteiger partial charge in [-0.15, -0.1) is 0 Å². The number of allylic oxidation sites excluding steroid dienone is 1. The highest BCUT2D eigenvalue weighted by atomic mass is 35.5. The Bertz CT molecular complexity index is 1050. The van der Waals surface area contributed by atoms with Crippen molar-refractivity contribution in [3.63, 3.8) is 0 Å². The summed E-state index contributed by atoms with van der Waals surface area (Å²) in [6, 6.07) is 18.2. The predicted molar refractivity (Wildman–Crippen MR) is 112 cm³/mol. The molecule has 0 aromatic heterocycles. The van der Waals surface area contributed by atoms with Gasteiger partial charge in [0.2, 0.25) is 0 Å². The normalized spacial score (nSPS) is 17.0. The number of aromatic hydroxyl groups is 1. The van der Waals surface area contributed by atoms with Crippen LogP contribution in [0.5, 0.6) is 5.75 Å². The van der Waals surface area contributed by atoms with Gasteiger partial charge in [-0.05, 0) is 77.4 Å². The minimum Gasteiger partial charge on any atom is -0.508 e. The molecule has 0 bridgehead atoms. The molecule has 136 valence electrons. The van der Waals surface area contributed by atoms with Gasteiger partial charge in [-0.25, -0.2) is 0 Å². The zero-order valence-corrected chi connectivity index (χ0v) is 15.8. The van der Waals surface area contributed by atoms with Crippen LogP contribution in [0.1, 0.15) is 35.6 Å². The average molecular weight is 376 g/mol. The van der Waals surface area contributed by atoms with Gasteiger partial charge in [0.05, 0.1) is 6.04 Å². The molecule has 1 fully saturated rings. The first-order chi connectivity index (χ1) is 13.2. The van der Waals surface area contributed by atoms with E-state index in [9.17, 15) is 5.11 Å². The molecule has 0 saturated heterocycles. The zero-order valence-electron chi connectivity index (χ0n) is 15.1. The summed E-state index contributed by atoms with van der Waals surface area (Å²) in [5, 5.41) is 17.6. The van der Waals surface area contributed by atoms with Crippen LogP contribution in [0.4, 0.5) is 0 Å². The molecule has 2 nitrogen and oxygen atoms in total. The number of nitrogens with one attached hydrogen (secondary N) is 1. The molecular formula is C24H22ClNO. The Kier molecular flexibility index (Phi) is 4.18. The zero-order chi connectivity index (χ0) is 18.4. The van der Waals surface area contributed by atoms with E-state index in [0.29, 0.717) is 5.75 Å². The first-order valence-electron chi connectivity index (χ1n) is 9.63. The highest BCUT2D eigenvalue weighted by Crippen LogP contribution is 2.43. The second-order valence-electron chi connectivity index (χ2n) is 7.67. The van der Waals surface area contributed by atoms with E-state index in [4.69, 9.17) is 11.6 Å². The van der Waals surface area contributed by atoms with Crippen molar-refractivity contribution >= 4 is 27.9 Å². The Morgan fingerprint density at radius 2 is 1.93 bits per heavy atom. The number of hydrogen-bond donors (Lipinski definition) is 2.